The molecule has 0 rings (SSSR count). The summed E-state index contributed by atoms with van der Waals surface area (Å²) in [7, 11) is -4.72. The van der Waals surface area contributed by atoms with Gasteiger partial charge in [-0.15, -0.1) is 0 Å². The minimum Gasteiger partial charge on any atom is -0.373 e. The molecule has 0 fully saturated rings. The zero-order chi connectivity index (χ0) is 12.7. The molecular formula is C8H19O7P. The third-order valence-electron chi connectivity index (χ3n) is 1.47. The number of hydrogen-bond acceptors (Lipinski definition) is 5. The van der Waals surface area contributed by atoms with Crippen LogP contribution < -0.4 is 0 Å². The molecule has 0 aliphatic heterocycles. The van der Waals surface area contributed by atoms with Gasteiger partial charge in [-0.2, -0.15) is 0 Å². The number of phosphoric ester groups is 1. The maximum atomic E-state index is 10.8. The number of rotatable bonds is 9. The Kier molecular flexibility index (Phi) is 7.34. The van der Waals surface area contributed by atoms with Gasteiger partial charge in [-0.05, 0) is 20.8 Å². The van der Waals surface area contributed by atoms with Gasteiger partial charge < -0.3 is 24.0 Å². The highest BCUT2D eigenvalue weighted by atomic mass is 31.2. The molecule has 2 N–H and O–H groups in total. The summed E-state index contributed by atoms with van der Waals surface area (Å²) in [6.45, 7) is 5.54. The Hall–Kier alpha value is -0.0100. The van der Waals surface area contributed by atoms with Crippen molar-refractivity contribution < 1.29 is 33.1 Å². The van der Waals surface area contributed by atoms with Gasteiger partial charge in [0.05, 0.1) is 0 Å². The van der Waals surface area contributed by atoms with Crippen molar-refractivity contribution in [3.8, 4) is 0 Å². The predicted molar refractivity (Wildman–Crippen MR) is 55.6 cm³/mol. The van der Waals surface area contributed by atoms with Crippen LogP contribution in [0.15, 0.2) is 0 Å². The summed E-state index contributed by atoms with van der Waals surface area (Å²) in [6.07, 6.45) is 0. The summed E-state index contributed by atoms with van der Waals surface area (Å²) in [6, 6.07) is 0. The Morgan fingerprint density at radius 2 is 1.56 bits per heavy atom. The first-order valence-corrected chi connectivity index (χ1v) is 6.54. The van der Waals surface area contributed by atoms with Crippen molar-refractivity contribution in [1.29, 1.82) is 0 Å². The minimum atomic E-state index is -4.72. The smallest absolute Gasteiger partial charge is 0.373 e. The van der Waals surface area contributed by atoms with Crippen LogP contribution in [0.5, 0.6) is 0 Å². The quantitative estimate of drug-likeness (QED) is 0.467. The molecule has 0 saturated carbocycles. The van der Waals surface area contributed by atoms with E-state index in [-0.39, 0.29) is 19.8 Å². The molecule has 0 radical (unpaired) electrons. The first kappa shape index (κ1) is 16.0. The summed E-state index contributed by atoms with van der Waals surface area (Å²) in [5.74, 6) is -1.85. The van der Waals surface area contributed by atoms with E-state index in [1.807, 2.05) is 0 Å². The largest absolute Gasteiger partial charge is 0.474 e. The van der Waals surface area contributed by atoms with Crippen LogP contribution in [0.2, 0.25) is 0 Å². The van der Waals surface area contributed by atoms with Crippen molar-refractivity contribution in [2.75, 3.05) is 26.4 Å². The normalized spacial score (nSPS) is 13.1. The third-order valence-corrected chi connectivity index (χ3v) is 1.99. The van der Waals surface area contributed by atoms with Gasteiger partial charge >= 0.3 is 13.8 Å². The molecule has 0 aliphatic carbocycles. The van der Waals surface area contributed by atoms with Crippen molar-refractivity contribution in [1.82, 2.24) is 0 Å². The van der Waals surface area contributed by atoms with E-state index in [0.717, 1.165) is 0 Å². The topological polar surface area (TPSA) is 94.5 Å². The van der Waals surface area contributed by atoms with Crippen LogP contribution in [0.4, 0.5) is 0 Å². The molecule has 16 heavy (non-hydrogen) atoms. The molecular weight excluding hydrogens is 239 g/mol. The van der Waals surface area contributed by atoms with Crippen LogP contribution in [0, 0.1) is 0 Å². The lowest BCUT2D eigenvalue weighted by Crippen LogP contribution is -2.43. The average Bonchev–Trinajstić information content (AvgIpc) is 2.13. The van der Waals surface area contributed by atoms with E-state index in [4.69, 9.17) is 24.0 Å². The van der Waals surface area contributed by atoms with Gasteiger partial charge in [0.25, 0.3) is 0 Å². The Morgan fingerprint density at radius 1 is 1.06 bits per heavy atom. The van der Waals surface area contributed by atoms with Gasteiger partial charge in [0.1, 0.15) is 6.61 Å². The van der Waals surface area contributed by atoms with E-state index in [9.17, 15) is 4.57 Å². The highest BCUT2D eigenvalue weighted by Gasteiger charge is 2.40. The monoisotopic (exact) mass is 258 g/mol. The molecule has 0 aromatic heterocycles. The minimum absolute atomic E-state index is 0.174. The standard InChI is InChI=1S/C8H19O7P/c1-4-12-7-8(13-5-2,14-6-3)15-16(9,10)11/h4-7H2,1-3H3,(H2,9,10,11). The third kappa shape index (κ3) is 6.55. The van der Waals surface area contributed by atoms with E-state index in [2.05, 4.69) is 4.52 Å². The molecule has 0 aliphatic rings. The molecule has 8 heteroatoms. The SMILES string of the molecule is CCOCC(OCC)(OCC)OP(=O)(O)O. The lowest BCUT2D eigenvalue weighted by Gasteiger charge is -2.31. The lowest BCUT2D eigenvalue weighted by atomic mass is 10.5. The zero-order valence-electron chi connectivity index (χ0n) is 9.71. The van der Waals surface area contributed by atoms with Gasteiger partial charge in [-0.1, -0.05) is 0 Å². The van der Waals surface area contributed by atoms with Gasteiger partial charge in [0.15, 0.2) is 0 Å². The Labute approximate surface area is 94.9 Å². The van der Waals surface area contributed by atoms with Crippen molar-refractivity contribution in [3.63, 3.8) is 0 Å². The van der Waals surface area contributed by atoms with Gasteiger partial charge in [0.2, 0.25) is 0 Å². The predicted octanol–water partition coefficient (Wildman–Crippen LogP) is 0.859. The first-order valence-electron chi connectivity index (χ1n) is 5.01. The maximum absolute atomic E-state index is 10.8. The van der Waals surface area contributed by atoms with E-state index >= 15 is 0 Å². The van der Waals surface area contributed by atoms with E-state index in [1.54, 1.807) is 20.8 Å². The van der Waals surface area contributed by atoms with Crippen molar-refractivity contribution in [2.24, 2.45) is 0 Å². The number of hydrogen-bond donors (Lipinski definition) is 2. The summed E-state index contributed by atoms with van der Waals surface area (Å²) in [4.78, 5) is 17.6. The first-order chi connectivity index (χ1) is 7.39. The van der Waals surface area contributed by atoms with Crippen molar-refractivity contribution in [3.05, 3.63) is 0 Å². The lowest BCUT2D eigenvalue weighted by molar-refractivity contribution is -0.361. The maximum Gasteiger partial charge on any atom is 0.474 e. The van der Waals surface area contributed by atoms with Crippen LogP contribution >= 0.6 is 7.82 Å². The second kappa shape index (κ2) is 7.34. The molecule has 0 aromatic carbocycles. The van der Waals surface area contributed by atoms with Crippen molar-refractivity contribution >= 4 is 7.82 Å². The highest BCUT2D eigenvalue weighted by molar-refractivity contribution is 7.46. The Morgan fingerprint density at radius 3 is 1.88 bits per heavy atom. The molecule has 0 unspecified atom stereocenters. The molecule has 0 aromatic rings. The molecule has 0 atom stereocenters. The van der Waals surface area contributed by atoms with Crippen LogP contribution in [0.25, 0.3) is 0 Å². The van der Waals surface area contributed by atoms with Crippen LogP contribution in [0.1, 0.15) is 20.8 Å². The average molecular weight is 258 g/mol. The fourth-order valence-electron chi connectivity index (χ4n) is 1.05. The molecule has 0 saturated heterocycles. The summed E-state index contributed by atoms with van der Waals surface area (Å²) in [5, 5.41) is 0. The molecule has 0 amide bonds. The van der Waals surface area contributed by atoms with Crippen LogP contribution in [-0.4, -0.2) is 42.2 Å². The van der Waals surface area contributed by atoms with E-state index in [1.165, 1.54) is 0 Å². The van der Waals surface area contributed by atoms with Crippen molar-refractivity contribution in [2.45, 2.75) is 26.7 Å². The zero-order valence-corrected chi connectivity index (χ0v) is 10.6. The summed E-state index contributed by atoms with van der Waals surface area (Å²) < 4.78 is 30.5. The second-order valence-corrected chi connectivity index (χ2v) is 3.93. The number of phosphoric acid groups is 1. The van der Waals surface area contributed by atoms with Crippen LogP contribution in [0.3, 0.4) is 0 Å². The summed E-state index contributed by atoms with van der Waals surface area (Å²) in [5.41, 5.74) is 0. The van der Waals surface area contributed by atoms with Gasteiger partial charge in [-0.3, -0.25) is 0 Å². The Balaban J connectivity index is 4.69. The van der Waals surface area contributed by atoms with Gasteiger partial charge in [-0.25, -0.2) is 9.09 Å². The fraction of sp³-hybridized carbons (Fsp3) is 1.00. The Bertz CT molecular complexity index is 220. The van der Waals surface area contributed by atoms with E-state index in [0.29, 0.717) is 6.61 Å². The molecule has 0 bridgehead atoms. The van der Waals surface area contributed by atoms with Crippen LogP contribution in [-0.2, 0) is 23.3 Å². The number of ether oxygens (including phenoxy) is 3. The van der Waals surface area contributed by atoms with E-state index < -0.39 is 13.8 Å². The van der Waals surface area contributed by atoms with Gasteiger partial charge in [0, 0.05) is 19.8 Å². The molecule has 7 nitrogen and oxygen atoms in total. The molecule has 0 spiro atoms. The second-order valence-electron chi connectivity index (χ2n) is 2.77. The molecule has 0 heterocycles. The summed E-state index contributed by atoms with van der Waals surface area (Å²) >= 11 is 0. The highest BCUT2D eigenvalue weighted by Crippen LogP contribution is 2.42. The fourth-order valence-corrected chi connectivity index (χ4v) is 1.57. The molecule has 98 valence electrons.